The third-order valence-electron chi connectivity index (χ3n) is 3.16. The number of ether oxygens (including phenoxy) is 1. The Bertz CT molecular complexity index is 973. The molecule has 0 bridgehead atoms. The number of hydrogen-bond donors (Lipinski definition) is 0. The van der Waals surface area contributed by atoms with Crippen molar-refractivity contribution in [3.05, 3.63) is 104 Å². The van der Waals surface area contributed by atoms with E-state index in [1.807, 2.05) is 6.07 Å². The van der Waals surface area contributed by atoms with Crippen molar-refractivity contribution < 1.29 is 9.53 Å². The van der Waals surface area contributed by atoms with E-state index >= 15 is 0 Å². The van der Waals surface area contributed by atoms with E-state index < -0.39 is 5.97 Å². The molecule has 0 fully saturated rings. The Morgan fingerprint density at radius 1 is 0.778 bits per heavy atom. The average molecular weight is 360 g/mol. The highest BCUT2D eigenvalue weighted by molar-refractivity contribution is 5.90. The predicted octanol–water partition coefficient (Wildman–Crippen LogP) is 2.65. The molecular weight excluding hydrogens is 344 g/mol. The lowest BCUT2D eigenvalue weighted by molar-refractivity contribution is 0.0727. The minimum Gasteiger partial charge on any atom is -0.402 e. The van der Waals surface area contributed by atoms with Crippen LogP contribution in [0.25, 0.3) is 0 Å². The third-order valence-corrected chi connectivity index (χ3v) is 3.16. The van der Waals surface area contributed by atoms with Crippen LogP contribution in [0.4, 0.5) is 0 Å². The molecule has 0 unspecified atom stereocenters. The van der Waals surface area contributed by atoms with Crippen LogP contribution in [0, 0.1) is 0 Å². The number of carbonyl (C=O) groups is 1. The number of aromatic nitrogens is 6. The lowest BCUT2D eigenvalue weighted by atomic mass is 10.2. The average Bonchev–Trinajstić information content (AvgIpc) is 2.91. The van der Waals surface area contributed by atoms with E-state index in [2.05, 4.69) is 20.2 Å². The smallest absolute Gasteiger partial charge is 0.344 e. The Labute approximate surface area is 155 Å². The largest absolute Gasteiger partial charge is 0.402 e. The Balaban J connectivity index is 1.96. The van der Waals surface area contributed by atoms with Gasteiger partial charge in [0.2, 0.25) is 5.88 Å². The van der Waals surface area contributed by atoms with Crippen LogP contribution in [0.1, 0.15) is 10.4 Å². The summed E-state index contributed by atoms with van der Waals surface area (Å²) in [4.78, 5) is 23.3. The second-order valence-corrected chi connectivity index (χ2v) is 5.04. The van der Waals surface area contributed by atoms with Crippen molar-refractivity contribution >= 4 is 5.97 Å². The van der Waals surface area contributed by atoms with Gasteiger partial charge in [-0.25, -0.2) is 9.78 Å². The van der Waals surface area contributed by atoms with Gasteiger partial charge in [-0.2, -0.15) is 19.8 Å². The van der Waals surface area contributed by atoms with Crippen molar-refractivity contribution in [2.24, 2.45) is 0 Å². The molecule has 3 aromatic rings. The number of rotatable bonds is 3. The first-order valence-electron chi connectivity index (χ1n) is 8.03. The molecule has 0 N–H and O–H groups in total. The number of esters is 1. The summed E-state index contributed by atoms with van der Waals surface area (Å²) in [6.07, 6.45) is 10.9. The zero-order chi connectivity index (χ0) is 18.7. The Morgan fingerprint density at radius 3 is 2.44 bits per heavy atom. The van der Waals surface area contributed by atoms with Crippen LogP contribution in [0.3, 0.4) is 0 Å². The summed E-state index contributed by atoms with van der Waals surface area (Å²) in [6, 6.07) is 15.6. The van der Waals surface area contributed by atoms with E-state index in [0.717, 1.165) is 0 Å². The Morgan fingerprint density at radius 2 is 1.56 bits per heavy atom. The van der Waals surface area contributed by atoms with Gasteiger partial charge in [-0.05, 0) is 36.4 Å². The molecule has 8 nitrogen and oxygen atoms in total. The topological polar surface area (TPSA) is 87.7 Å². The first-order valence-corrected chi connectivity index (χ1v) is 8.03. The highest BCUT2D eigenvalue weighted by Gasteiger charge is 2.07. The SMILES string of the molecule is O=C(Oc1cnn(-n2ccnccccn2)ccccn1)c1ccccc1. The molecule has 27 heavy (non-hydrogen) atoms. The van der Waals surface area contributed by atoms with Gasteiger partial charge in [0, 0.05) is 31.0 Å². The Hall–Kier alpha value is -4.07. The molecule has 134 valence electrons. The van der Waals surface area contributed by atoms with Crippen LogP contribution in [-0.4, -0.2) is 35.7 Å². The second kappa shape index (κ2) is 9.42. The van der Waals surface area contributed by atoms with Crippen molar-refractivity contribution in [2.75, 3.05) is 0 Å². The molecule has 3 rings (SSSR count). The molecule has 1 aromatic carbocycles. The van der Waals surface area contributed by atoms with Crippen molar-refractivity contribution in [1.29, 1.82) is 0 Å². The maximum absolute atomic E-state index is 12.2. The molecule has 0 amide bonds. The molecule has 0 spiro atoms. The third kappa shape index (κ3) is 5.46. The molecule has 2 heterocycles. The van der Waals surface area contributed by atoms with E-state index in [4.69, 9.17) is 4.74 Å². The van der Waals surface area contributed by atoms with Gasteiger partial charge in [0.25, 0.3) is 0 Å². The molecule has 0 atom stereocenters. The maximum Gasteiger partial charge on any atom is 0.344 e. The van der Waals surface area contributed by atoms with Gasteiger partial charge in [0.15, 0.2) is 0 Å². The van der Waals surface area contributed by atoms with Gasteiger partial charge < -0.3 is 4.74 Å². The van der Waals surface area contributed by atoms with Gasteiger partial charge >= 0.3 is 5.97 Å². The lowest BCUT2D eigenvalue weighted by Crippen LogP contribution is -2.13. The fourth-order valence-electron chi connectivity index (χ4n) is 1.94. The predicted molar refractivity (Wildman–Crippen MR) is 97.5 cm³/mol. The van der Waals surface area contributed by atoms with Crippen LogP contribution in [0.2, 0.25) is 0 Å². The van der Waals surface area contributed by atoms with E-state index in [9.17, 15) is 4.79 Å². The van der Waals surface area contributed by atoms with Crippen molar-refractivity contribution in [3.63, 3.8) is 0 Å². The molecule has 8 heteroatoms. The van der Waals surface area contributed by atoms with Gasteiger partial charge in [0.05, 0.1) is 11.8 Å². The summed E-state index contributed by atoms with van der Waals surface area (Å²) in [5.74, 6) is -0.475. The molecule has 0 saturated carbocycles. The minimum absolute atomic E-state index is 0.0453. The molecule has 0 radical (unpaired) electrons. The van der Waals surface area contributed by atoms with Crippen LogP contribution in [0.15, 0.2) is 98.0 Å². The van der Waals surface area contributed by atoms with Crippen molar-refractivity contribution in [2.45, 2.75) is 0 Å². The van der Waals surface area contributed by atoms with Crippen LogP contribution in [-0.2, 0) is 0 Å². The number of benzene rings is 1. The summed E-state index contributed by atoms with van der Waals surface area (Å²) in [6.45, 7) is 0. The number of hydrogen-bond acceptors (Lipinski definition) is 6. The van der Waals surface area contributed by atoms with E-state index in [1.54, 1.807) is 79.5 Å². The van der Waals surface area contributed by atoms with Crippen molar-refractivity contribution in [1.82, 2.24) is 29.7 Å². The zero-order valence-corrected chi connectivity index (χ0v) is 14.2. The van der Waals surface area contributed by atoms with Gasteiger partial charge in [0.1, 0.15) is 6.20 Å². The minimum atomic E-state index is -0.520. The summed E-state index contributed by atoms with van der Waals surface area (Å²) in [5.41, 5.74) is 0.421. The highest BCUT2D eigenvalue weighted by atomic mass is 16.5. The van der Waals surface area contributed by atoms with Crippen molar-refractivity contribution in [3.8, 4) is 5.88 Å². The molecule has 0 aliphatic carbocycles. The number of nitrogens with zero attached hydrogens (tertiary/aromatic N) is 6. The quantitative estimate of drug-likeness (QED) is 0.667. The van der Waals surface area contributed by atoms with Gasteiger partial charge in [-0.3, -0.25) is 4.98 Å². The van der Waals surface area contributed by atoms with E-state index in [1.165, 1.54) is 22.0 Å². The summed E-state index contributed by atoms with van der Waals surface area (Å²) >= 11 is 0. The molecule has 0 saturated heterocycles. The summed E-state index contributed by atoms with van der Waals surface area (Å²) < 4.78 is 5.32. The zero-order valence-electron chi connectivity index (χ0n) is 14.2. The molecule has 0 aliphatic heterocycles. The van der Waals surface area contributed by atoms with E-state index in [0.29, 0.717) is 5.56 Å². The highest BCUT2D eigenvalue weighted by Crippen LogP contribution is 2.06. The Kier molecular flexibility index (Phi) is 6.19. The normalized spacial score (nSPS) is 9.63. The fraction of sp³-hybridized carbons (Fsp3) is 0. The molecule has 2 aromatic heterocycles. The van der Waals surface area contributed by atoms with E-state index in [-0.39, 0.29) is 5.88 Å². The summed E-state index contributed by atoms with van der Waals surface area (Å²) in [5, 5.41) is 8.50. The van der Waals surface area contributed by atoms with Gasteiger partial charge in [-0.1, -0.05) is 18.2 Å². The van der Waals surface area contributed by atoms with Gasteiger partial charge in [-0.15, -0.1) is 0 Å². The lowest BCUT2D eigenvalue weighted by Gasteiger charge is -2.03. The fourth-order valence-corrected chi connectivity index (χ4v) is 1.94. The second-order valence-electron chi connectivity index (χ2n) is 5.04. The van der Waals surface area contributed by atoms with Crippen LogP contribution >= 0.6 is 0 Å². The van der Waals surface area contributed by atoms with Crippen LogP contribution in [0.5, 0.6) is 5.88 Å². The summed E-state index contributed by atoms with van der Waals surface area (Å²) in [7, 11) is 0. The first kappa shape index (κ1) is 17.7. The molecule has 0 aliphatic rings. The first-order chi connectivity index (χ1) is 13.3. The monoisotopic (exact) mass is 360 g/mol. The van der Waals surface area contributed by atoms with Crippen LogP contribution < -0.4 is 4.74 Å². The maximum atomic E-state index is 12.2. The number of carbonyl (C=O) groups excluding carboxylic acids is 1. The standard InChI is InChI=1S/C19H16N6O2/c26-19(17-8-2-1-3-9-17)27-18-16-23-24(14-7-6-11-21-18)25-15-13-20-10-4-5-12-22-25/h1-16H. The molecular formula is C19H16N6O2.